The van der Waals surface area contributed by atoms with Gasteiger partial charge in [0.15, 0.2) is 5.82 Å². The van der Waals surface area contributed by atoms with Crippen LogP contribution in [0.25, 0.3) is 38.5 Å². The van der Waals surface area contributed by atoms with Gasteiger partial charge in [-0.05, 0) is 35.1 Å². The van der Waals surface area contributed by atoms with Gasteiger partial charge in [-0.15, -0.1) is 17.5 Å². The van der Waals surface area contributed by atoms with E-state index in [1.165, 1.54) is 0 Å². The summed E-state index contributed by atoms with van der Waals surface area (Å²) in [6.07, 6.45) is 5.06. The molecular weight excluding hydrogens is 619 g/mol. The maximum absolute atomic E-state index is 10.4. The zero-order valence-corrected chi connectivity index (χ0v) is 21.3. The van der Waals surface area contributed by atoms with Gasteiger partial charge in [0.2, 0.25) is 5.88 Å². The van der Waals surface area contributed by atoms with Crippen LogP contribution in [-0.4, -0.2) is 24.6 Å². The smallest absolute Gasteiger partial charge is 0.217 e. The molecule has 0 amide bonds. The minimum Gasteiger partial charge on any atom is -0.506 e. The minimum absolute atomic E-state index is 0. The van der Waals surface area contributed by atoms with Crippen molar-refractivity contribution >= 4 is 32.7 Å². The third-order valence-corrected chi connectivity index (χ3v) is 6.02. The third-order valence-electron chi connectivity index (χ3n) is 6.02. The zero-order valence-electron chi connectivity index (χ0n) is 19.0. The number of aromatic nitrogens is 4. The van der Waals surface area contributed by atoms with E-state index >= 15 is 0 Å². The first-order valence-electron chi connectivity index (χ1n) is 11.1. The molecule has 3 aromatic heterocycles. The Kier molecular flexibility index (Phi) is 5.99. The van der Waals surface area contributed by atoms with Gasteiger partial charge >= 0.3 is 0 Å². The van der Waals surface area contributed by atoms with E-state index in [1.54, 1.807) is 24.7 Å². The van der Waals surface area contributed by atoms with Gasteiger partial charge in [0, 0.05) is 56.2 Å². The molecular formula is C28H21N4O2Pt-. The van der Waals surface area contributed by atoms with Crippen LogP contribution in [-0.2, 0) is 21.1 Å². The van der Waals surface area contributed by atoms with Gasteiger partial charge in [0.1, 0.15) is 11.3 Å². The summed E-state index contributed by atoms with van der Waals surface area (Å²) in [4.78, 5) is 13.3. The van der Waals surface area contributed by atoms with Crippen LogP contribution in [0, 0.1) is 6.07 Å². The second kappa shape index (κ2) is 9.12. The fraction of sp³-hybridized carbons (Fsp3) is 0.107. The second-order valence-corrected chi connectivity index (χ2v) is 8.48. The number of ether oxygens (including phenoxy) is 1. The molecule has 0 saturated carbocycles. The molecule has 0 spiro atoms. The Morgan fingerprint density at radius 2 is 1.74 bits per heavy atom. The van der Waals surface area contributed by atoms with Crippen LogP contribution >= 0.6 is 0 Å². The molecule has 7 heteroatoms. The number of hydrogen-bond acceptors (Lipinski definition) is 5. The summed E-state index contributed by atoms with van der Waals surface area (Å²) in [5.41, 5.74) is 3.51. The molecule has 1 N–H and O–H groups in total. The predicted octanol–water partition coefficient (Wildman–Crippen LogP) is 6.54. The number of hydrogen-bond donors (Lipinski definition) is 1. The van der Waals surface area contributed by atoms with Crippen LogP contribution < -0.4 is 4.74 Å². The molecule has 0 saturated heterocycles. The Morgan fingerprint density at radius 3 is 2.54 bits per heavy atom. The Labute approximate surface area is 216 Å². The van der Waals surface area contributed by atoms with Gasteiger partial charge in [0.25, 0.3) is 0 Å². The fourth-order valence-electron chi connectivity index (χ4n) is 4.46. The summed E-state index contributed by atoms with van der Waals surface area (Å²) in [7, 11) is 0. The van der Waals surface area contributed by atoms with Crippen molar-refractivity contribution in [2.24, 2.45) is 0 Å². The van der Waals surface area contributed by atoms with E-state index in [2.05, 4.69) is 47.0 Å². The first-order chi connectivity index (χ1) is 16.6. The molecule has 0 fully saturated rings. The van der Waals surface area contributed by atoms with E-state index in [-0.39, 0.29) is 26.8 Å². The van der Waals surface area contributed by atoms with E-state index in [9.17, 15) is 5.11 Å². The second-order valence-electron chi connectivity index (χ2n) is 8.48. The van der Waals surface area contributed by atoms with Crippen LogP contribution in [0.2, 0.25) is 0 Å². The van der Waals surface area contributed by atoms with Crippen molar-refractivity contribution in [1.82, 2.24) is 19.5 Å². The summed E-state index contributed by atoms with van der Waals surface area (Å²) in [6.45, 7) is 4.24. The number of nitrogens with zero attached hydrogens (tertiary/aromatic N) is 4. The number of aromatic hydroxyl groups is 1. The molecule has 0 aliphatic carbocycles. The van der Waals surface area contributed by atoms with Crippen LogP contribution in [0.3, 0.4) is 0 Å². The Bertz CT molecular complexity index is 1680. The average Bonchev–Trinajstić information content (AvgIpc) is 3.18. The molecule has 6 aromatic rings. The van der Waals surface area contributed by atoms with Gasteiger partial charge in [-0.1, -0.05) is 43.6 Å². The summed E-state index contributed by atoms with van der Waals surface area (Å²) < 4.78 is 8.14. The Morgan fingerprint density at radius 1 is 0.914 bits per heavy atom. The number of rotatable bonds is 4. The van der Waals surface area contributed by atoms with Crippen LogP contribution in [0.15, 0.2) is 79.3 Å². The van der Waals surface area contributed by atoms with Crippen molar-refractivity contribution in [3.05, 3.63) is 90.9 Å². The molecule has 176 valence electrons. The monoisotopic (exact) mass is 640 g/mol. The number of fused-ring (bicyclic) bond motifs is 4. The van der Waals surface area contributed by atoms with Crippen molar-refractivity contribution < 1.29 is 30.9 Å². The molecule has 6 rings (SSSR count). The SMILES string of the molecule is CC(C)c1ccc(O)c2nc(Oc3[c-]c4c(cc3)c3ccccc3n4-c3cnccn3)ccc12.[Pt]. The quantitative estimate of drug-likeness (QED) is 0.222. The first-order valence-corrected chi connectivity index (χ1v) is 11.1. The number of phenols is 1. The summed E-state index contributed by atoms with van der Waals surface area (Å²) >= 11 is 0. The van der Waals surface area contributed by atoms with Gasteiger partial charge in [-0.3, -0.25) is 4.98 Å². The normalized spacial score (nSPS) is 11.3. The van der Waals surface area contributed by atoms with Crippen LogP contribution in [0.5, 0.6) is 17.4 Å². The van der Waals surface area contributed by atoms with Gasteiger partial charge in [-0.25, -0.2) is 9.97 Å². The van der Waals surface area contributed by atoms with Gasteiger partial charge in [0.05, 0.1) is 6.20 Å². The summed E-state index contributed by atoms with van der Waals surface area (Å²) in [5, 5.41) is 13.5. The van der Waals surface area contributed by atoms with E-state index in [0.29, 0.717) is 28.9 Å². The van der Waals surface area contributed by atoms with Crippen molar-refractivity contribution in [2.45, 2.75) is 19.8 Å². The standard InChI is InChI=1S/C28H21N4O2.Pt/c1-17(2)19-9-11-25(33)28-22(19)10-12-27(31-28)34-18-7-8-21-20-5-3-4-6-23(20)32(24(21)15-18)26-16-29-13-14-30-26;/h3-14,16-17,33H,1-2H3;/q-1;. The number of phenolic OH excluding ortho intramolecular Hbond substituents is 1. The molecule has 0 atom stereocenters. The number of para-hydroxylation sites is 1. The van der Waals surface area contributed by atoms with E-state index in [1.807, 2.05) is 47.0 Å². The van der Waals surface area contributed by atoms with Crippen LogP contribution in [0.4, 0.5) is 0 Å². The first kappa shape index (κ1) is 23.0. The molecule has 0 unspecified atom stereocenters. The molecule has 35 heavy (non-hydrogen) atoms. The molecule has 3 heterocycles. The maximum Gasteiger partial charge on any atom is 0.217 e. The molecule has 0 bridgehead atoms. The molecule has 0 radical (unpaired) electrons. The predicted molar refractivity (Wildman–Crippen MR) is 133 cm³/mol. The van der Waals surface area contributed by atoms with Crippen molar-refractivity contribution in [3.63, 3.8) is 0 Å². The van der Waals surface area contributed by atoms with Gasteiger partial charge < -0.3 is 14.4 Å². The largest absolute Gasteiger partial charge is 0.506 e. The topological polar surface area (TPSA) is 73.1 Å². The molecule has 0 aliphatic rings. The van der Waals surface area contributed by atoms with Crippen molar-refractivity contribution in [3.8, 4) is 23.2 Å². The van der Waals surface area contributed by atoms with Gasteiger partial charge in [-0.2, -0.15) is 6.07 Å². The van der Waals surface area contributed by atoms with Crippen LogP contribution in [0.1, 0.15) is 25.3 Å². The Balaban J connectivity index is 0.00000253. The zero-order chi connectivity index (χ0) is 23.2. The minimum atomic E-state index is 0. The molecule has 3 aromatic carbocycles. The van der Waals surface area contributed by atoms with Crippen molar-refractivity contribution in [2.75, 3.05) is 0 Å². The fourth-order valence-corrected chi connectivity index (χ4v) is 4.46. The summed E-state index contributed by atoms with van der Waals surface area (Å²) in [5.74, 6) is 2.06. The molecule has 6 nitrogen and oxygen atoms in total. The van der Waals surface area contributed by atoms with E-state index in [4.69, 9.17) is 4.74 Å². The number of pyridine rings is 1. The average molecular weight is 641 g/mol. The van der Waals surface area contributed by atoms with Crippen molar-refractivity contribution in [1.29, 1.82) is 0 Å². The third kappa shape index (κ3) is 3.94. The Hall–Kier alpha value is -3.76. The number of benzene rings is 3. The maximum atomic E-state index is 10.4. The van der Waals surface area contributed by atoms with E-state index < -0.39 is 0 Å². The van der Waals surface area contributed by atoms with E-state index in [0.717, 1.165) is 32.8 Å². The molecule has 0 aliphatic heterocycles. The summed E-state index contributed by atoms with van der Waals surface area (Å²) in [6, 6.07) is 22.8.